The summed E-state index contributed by atoms with van der Waals surface area (Å²) >= 11 is 0. The van der Waals surface area contributed by atoms with Gasteiger partial charge < -0.3 is 15.6 Å². The smallest absolute Gasteiger partial charge is 0.255 e. The lowest BCUT2D eigenvalue weighted by Gasteiger charge is -2.08. The monoisotopic (exact) mass is 390 g/mol. The molecule has 0 atom stereocenters. The second-order valence-electron chi connectivity index (χ2n) is 5.40. The Labute approximate surface area is 174 Å². The molecule has 1 amide bonds. The summed E-state index contributed by atoms with van der Waals surface area (Å²) in [6.07, 6.45) is 5.91. The third kappa shape index (κ3) is 7.65. The number of nitrogens with one attached hydrogen (secondary N) is 1. The zero-order valence-electron chi connectivity index (χ0n) is 17.6. The molecular formula is C24H30N4O. The standard InChI is InChI=1S/C20H18N4O.2C2H6/c21-10-2-1-5-16-6-3-7-17(13-16)20(25)23-18-8-4-9-19(14-18)24-12-11-22-15-24;2*1-2/h3-4,6-9,11-15H,2,10,21H2,(H,23,25);2*1-2H3. The van der Waals surface area contributed by atoms with E-state index in [-0.39, 0.29) is 5.91 Å². The lowest BCUT2D eigenvalue weighted by molar-refractivity contribution is 0.102. The SMILES string of the molecule is CC.CC.NCCC#Cc1cccc(C(=O)Nc2cccc(-n3ccnc3)c2)c1. The fourth-order valence-corrected chi connectivity index (χ4v) is 2.33. The maximum absolute atomic E-state index is 12.5. The average Bonchev–Trinajstić information content (AvgIpc) is 3.32. The number of nitrogens with two attached hydrogens (primary N) is 1. The van der Waals surface area contributed by atoms with E-state index in [1.54, 1.807) is 24.7 Å². The Bertz CT molecular complexity index is 921. The molecule has 3 aromatic rings. The molecule has 5 nitrogen and oxygen atoms in total. The van der Waals surface area contributed by atoms with Crippen LogP contribution in [0.4, 0.5) is 5.69 Å². The number of carbonyl (C=O) groups is 1. The van der Waals surface area contributed by atoms with Gasteiger partial charge in [-0.15, -0.1) is 0 Å². The van der Waals surface area contributed by atoms with Crippen LogP contribution < -0.4 is 11.1 Å². The van der Waals surface area contributed by atoms with E-state index in [2.05, 4.69) is 22.1 Å². The molecule has 3 N–H and O–H groups in total. The fourth-order valence-electron chi connectivity index (χ4n) is 2.33. The molecule has 0 saturated carbocycles. The van der Waals surface area contributed by atoms with E-state index < -0.39 is 0 Å². The largest absolute Gasteiger partial charge is 0.330 e. The zero-order chi connectivity index (χ0) is 21.5. The first-order chi connectivity index (χ1) is 14.3. The Morgan fingerprint density at radius 3 is 2.55 bits per heavy atom. The molecule has 0 fully saturated rings. The zero-order valence-corrected chi connectivity index (χ0v) is 17.6. The van der Waals surface area contributed by atoms with Crippen molar-refractivity contribution < 1.29 is 4.79 Å². The van der Waals surface area contributed by atoms with E-state index in [4.69, 9.17) is 5.73 Å². The number of hydrogen-bond acceptors (Lipinski definition) is 3. The van der Waals surface area contributed by atoms with Gasteiger partial charge in [-0.05, 0) is 36.4 Å². The third-order valence-electron chi connectivity index (χ3n) is 3.53. The van der Waals surface area contributed by atoms with Crippen molar-refractivity contribution in [3.8, 4) is 17.5 Å². The van der Waals surface area contributed by atoms with Gasteiger partial charge in [-0.25, -0.2) is 4.98 Å². The highest BCUT2D eigenvalue weighted by atomic mass is 16.1. The van der Waals surface area contributed by atoms with Gasteiger partial charge in [-0.2, -0.15) is 0 Å². The first-order valence-corrected chi connectivity index (χ1v) is 9.95. The van der Waals surface area contributed by atoms with E-state index in [1.165, 1.54) is 0 Å². The van der Waals surface area contributed by atoms with Crippen molar-refractivity contribution in [2.45, 2.75) is 34.1 Å². The third-order valence-corrected chi connectivity index (χ3v) is 3.53. The average molecular weight is 391 g/mol. The van der Waals surface area contributed by atoms with E-state index in [1.807, 2.05) is 74.9 Å². The molecule has 1 aromatic heterocycles. The Balaban J connectivity index is 0.000000989. The van der Waals surface area contributed by atoms with Crippen LogP contribution in [0.1, 0.15) is 50.0 Å². The first kappa shape index (κ1) is 23.7. The highest BCUT2D eigenvalue weighted by Crippen LogP contribution is 2.16. The van der Waals surface area contributed by atoms with Crippen molar-refractivity contribution in [1.29, 1.82) is 0 Å². The molecule has 0 spiro atoms. The van der Waals surface area contributed by atoms with Crippen molar-refractivity contribution in [2.24, 2.45) is 5.73 Å². The second-order valence-corrected chi connectivity index (χ2v) is 5.40. The van der Waals surface area contributed by atoms with Crippen LogP contribution in [0.3, 0.4) is 0 Å². The molecule has 0 unspecified atom stereocenters. The van der Waals surface area contributed by atoms with Crippen LogP contribution in [-0.4, -0.2) is 22.0 Å². The van der Waals surface area contributed by atoms with Crippen LogP contribution in [0.15, 0.2) is 67.3 Å². The number of hydrogen-bond donors (Lipinski definition) is 2. The van der Waals surface area contributed by atoms with Crippen molar-refractivity contribution in [3.63, 3.8) is 0 Å². The minimum atomic E-state index is -0.176. The molecule has 0 aliphatic carbocycles. The van der Waals surface area contributed by atoms with Gasteiger partial charge >= 0.3 is 0 Å². The van der Waals surface area contributed by atoms with Gasteiger partial charge in [0.1, 0.15) is 0 Å². The minimum absolute atomic E-state index is 0.176. The van der Waals surface area contributed by atoms with Crippen LogP contribution in [-0.2, 0) is 0 Å². The molecule has 5 heteroatoms. The van der Waals surface area contributed by atoms with Gasteiger partial charge in [0.15, 0.2) is 0 Å². The molecule has 0 radical (unpaired) electrons. The summed E-state index contributed by atoms with van der Waals surface area (Å²) in [6.45, 7) is 8.53. The quantitative estimate of drug-likeness (QED) is 0.624. The second kappa shape index (κ2) is 13.8. The van der Waals surface area contributed by atoms with Crippen molar-refractivity contribution in [3.05, 3.63) is 78.4 Å². The van der Waals surface area contributed by atoms with Crippen LogP contribution in [0.5, 0.6) is 0 Å². The van der Waals surface area contributed by atoms with Gasteiger partial charge in [0, 0.05) is 47.9 Å². The number of amides is 1. The Hall–Kier alpha value is -3.36. The summed E-state index contributed by atoms with van der Waals surface area (Å²) in [5.41, 5.74) is 8.44. The predicted molar refractivity (Wildman–Crippen MR) is 121 cm³/mol. The molecule has 1 heterocycles. The number of nitrogens with zero attached hydrogens (tertiary/aromatic N) is 2. The van der Waals surface area contributed by atoms with Gasteiger partial charge in [0.25, 0.3) is 5.91 Å². The summed E-state index contributed by atoms with van der Waals surface area (Å²) in [6, 6.07) is 14.8. The molecule has 3 rings (SSSR count). The maximum atomic E-state index is 12.5. The van der Waals surface area contributed by atoms with Gasteiger partial charge in [-0.1, -0.05) is 51.7 Å². The molecule has 152 valence electrons. The van der Waals surface area contributed by atoms with Gasteiger partial charge in [-0.3, -0.25) is 4.79 Å². The summed E-state index contributed by atoms with van der Waals surface area (Å²) in [7, 11) is 0. The molecule has 29 heavy (non-hydrogen) atoms. The number of imidazole rings is 1. The van der Waals surface area contributed by atoms with Crippen LogP contribution in [0.25, 0.3) is 5.69 Å². The molecule has 0 saturated heterocycles. The van der Waals surface area contributed by atoms with Crippen LogP contribution >= 0.6 is 0 Å². The number of benzene rings is 2. The van der Waals surface area contributed by atoms with Gasteiger partial charge in [0.05, 0.1) is 6.33 Å². The lowest BCUT2D eigenvalue weighted by atomic mass is 10.1. The number of carbonyl (C=O) groups excluding carboxylic acids is 1. The Morgan fingerprint density at radius 2 is 1.86 bits per heavy atom. The summed E-state index contributed by atoms with van der Waals surface area (Å²) in [4.78, 5) is 16.5. The molecular weight excluding hydrogens is 360 g/mol. The van der Waals surface area contributed by atoms with Crippen LogP contribution in [0, 0.1) is 11.8 Å². The summed E-state index contributed by atoms with van der Waals surface area (Å²) in [5, 5.41) is 2.91. The van der Waals surface area contributed by atoms with E-state index >= 15 is 0 Å². The van der Waals surface area contributed by atoms with Crippen molar-refractivity contribution >= 4 is 11.6 Å². The lowest BCUT2D eigenvalue weighted by Crippen LogP contribution is -2.12. The maximum Gasteiger partial charge on any atom is 0.255 e. The number of anilines is 1. The van der Waals surface area contributed by atoms with E-state index in [9.17, 15) is 4.79 Å². The van der Waals surface area contributed by atoms with E-state index in [0.29, 0.717) is 18.5 Å². The minimum Gasteiger partial charge on any atom is -0.330 e. The molecule has 0 aliphatic rings. The molecule has 2 aromatic carbocycles. The molecule has 0 aliphatic heterocycles. The van der Waals surface area contributed by atoms with Gasteiger partial charge in [0.2, 0.25) is 0 Å². The molecule has 0 bridgehead atoms. The summed E-state index contributed by atoms with van der Waals surface area (Å²) in [5.74, 6) is 5.81. The predicted octanol–water partition coefficient (Wildman–Crippen LogP) is 4.88. The summed E-state index contributed by atoms with van der Waals surface area (Å²) < 4.78 is 1.88. The van der Waals surface area contributed by atoms with Crippen molar-refractivity contribution in [2.75, 3.05) is 11.9 Å². The van der Waals surface area contributed by atoms with E-state index in [0.717, 1.165) is 16.9 Å². The Kier molecular flexibility index (Phi) is 11.2. The normalized spacial score (nSPS) is 9.00. The number of rotatable bonds is 4. The van der Waals surface area contributed by atoms with Crippen LogP contribution in [0.2, 0.25) is 0 Å². The Morgan fingerprint density at radius 1 is 1.10 bits per heavy atom. The highest BCUT2D eigenvalue weighted by Gasteiger charge is 2.07. The fraction of sp³-hybridized carbons (Fsp3) is 0.250. The topological polar surface area (TPSA) is 72.9 Å². The first-order valence-electron chi connectivity index (χ1n) is 9.95. The van der Waals surface area contributed by atoms with Crippen molar-refractivity contribution in [1.82, 2.24) is 9.55 Å². The highest BCUT2D eigenvalue weighted by molar-refractivity contribution is 6.04. The number of aromatic nitrogens is 2.